The first-order valence-corrected chi connectivity index (χ1v) is 6.59. The smallest absolute Gasteiger partial charge is 0.308 e. The number of para-hydroxylation sites is 1. The van der Waals surface area contributed by atoms with Crippen LogP contribution in [0.2, 0.25) is 0 Å². The molecule has 2 aromatic rings. The molecule has 116 valence electrons. The van der Waals surface area contributed by atoms with Crippen molar-refractivity contribution in [2.45, 2.75) is 20.0 Å². The number of alkyl halides is 3. The third-order valence-electron chi connectivity index (χ3n) is 3.25. The second-order valence-electron chi connectivity index (χ2n) is 4.92. The van der Waals surface area contributed by atoms with Crippen LogP contribution in [-0.2, 0) is 6.18 Å². The van der Waals surface area contributed by atoms with Crippen molar-refractivity contribution in [3.8, 4) is 0 Å². The summed E-state index contributed by atoms with van der Waals surface area (Å²) in [4.78, 5) is 11.9. The first-order chi connectivity index (χ1) is 10.3. The van der Waals surface area contributed by atoms with Gasteiger partial charge in [0.05, 0.1) is 11.3 Å². The lowest BCUT2D eigenvalue weighted by Crippen LogP contribution is -2.21. The third kappa shape index (κ3) is 3.78. The van der Waals surface area contributed by atoms with Crippen molar-refractivity contribution in [2.24, 2.45) is 0 Å². The number of rotatable bonds is 2. The number of carbonyl (C=O) groups is 1. The van der Waals surface area contributed by atoms with E-state index in [0.717, 1.165) is 17.2 Å². The Morgan fingerprint density at radius 3 is 2.27 bits per heavy atom. The van der Waals surface area contributed by atoms with E-state index in [2.05, 4.69) is 10.6 Å². The third-order valence-corrected chi connectivity index (χ3v) is 3.25. The second-order valence-corrected chi connectivity index (χ2v) is 4.92. The van der Waals surface area contributed by atoms with E-state index in [1.54, 1.807) is 12.1 Å². The van der Waals surface area contributed by atoms with Gasteiger partial charge in [-0.15, -0.1) is 0 Å². The highest BCUT2D eigenvalue weighted by atomic mass is 19.4. The number of amides is 2. The Hall–Kier alpha value is -2.50. The molecule has 3 nitrogen and oxygen atoms in total. The van der Waals surface area contributed by atoms with Gasteiger partial charge in [0.1, 0.15) is 0 Å². The standard InChI is InChI=1S/C16H15F3N2O/c1-10-7-8-12(9-11(10)2)20-15(22)21-14-6-4-3-5-13(14)16(17,18)19/h3-9H,1-2H3,(H2,20,21,22). The molecular weight excluding hydrogens is 293 g/mol. The quantitative estimate of drug-likeness (QED) is 0.808. The maximum Gasteiger partial charge on any atom is 0.418 e. The van der Waals surface area contributed by atoms with Gasteiger partial charge in [0.15, 0.2) is 0 Å². The number of hydrogen-bond acceptors (Lipinski definition) is 1. The minimum atomic E-state index is -4.52. The lowest BCUT2D eigenvalue weighted by Gasteiger charge is -2.14. The number of nitrogens with one attached hydrogen (secondary N) is 2. The average Bonchev–Trinajstić information content (AvgIpc) is 2.42. The van der Waals surface area contributed by atoms with Crippen LogP contribution in [-0.4, -0.2) is 6.03 Å². The average molecular weight is 308 g/mol. The van der Waals surface area contributed by atoms with E-state index >= 15 is 0 Å². The molecule has 2 N–H and O–H groups in total. The molecule has 0 aliphatic heterocycles. The van der Waals surface area contributed by atoms with Gasteiger partial charge in [-0.05, 0) is 49.2 Å². The lowest BCUT2D eigenvalue weighted by atomic mass is 10.1. The number of aryl methyl sites for hydroxylation is 2. The molecule has 0 radical (unpaired) electrons. The van der Waals surface area contributed by atoms with Gasteiger partial charge in [0.25, 0.3) is 0 Å². The van der Waals surface area contributed by atoms with Gasteiger partial charge in [0.2, 0.25) is 0 Å². The van der Waals surface area contributed by atoms with Crippen LogP contribution in [0.3, 0.4) is 0 Å². The van der Waals surface area contributed by atoms with Crippen LogP contribution in [0, 0.1) is 13.8 Å². The summed E-state index contributed by atoms with van der Waals surface area (Å²) in [5.74, 6) is 0. The first kappa shape index (κ1) is 15.9. The van der Waals surface area contributed by atoms with E-state index in [4.69, 9.17) is 0 Å². The predicted molar refractivity (Wildman–Crippen MR) is 80.0 cm³/mol. The molecule has 0 fully saturated rings. The molecule has 0 atom stereocenters. The Labute approximate surface area is 126 Å². The fraction of sp³-hybridized carbons (Fsp3) is 0.188. The molecule has 0 unspecified atom stereocenters. The minimum Gasteiger partial charge on any atom is -0.308 e. The van der Waals surface area contributed by atoms with Crippen LogP contribution >= 0.6 is 0 Å². The van der Waals surface area contributed by atoms with E-state index < -0.39 is 17.8 Å². The second kappa shape index (κ2) is 6.09. The van der Waals surface area contributed by atoms with Crippen LogP contribution in [0.5, 0.6) is 0 Å². The largest absolute Gasteiger partial charge is 0.418 e. The van der Waals surface area contributed by atoms with Crippen molar-refractivity contribution in [3.05, 3.63) is 59.2 Å². The summed E-state index contributed by atoms with van der Waals surface area (Å²) < 4.78 is 38.6. The summed E-state index contributed by atoms with van der Waals surface area (Å²) in [6.07, 6.45) is -4.52. The van der Waals surface area contributed by atoms with Gasteiger partial charge in [-0.3, -0.25) is 0 Å². The molecule has 0 spiro atoms. The highest BCUT2D eigenvalue weighted by Crippen LogP contribution is 2.34. The zero-order valence-electron chi connectivity index (χ0n) is 12.1. The van der Waals surface area contributed by atoms with Crippen molar-refractivity contribution in [1.29, 1.82) is 0 Å². The SMILES string of the molecule is Cc1ccc(NC(=O)Nc2ccccc2C(F)(F)F)cc1C. The van der Waals surface area contributed by atoms with Gasteiger partial charge in [-0.1, -0.05) is 18.2 Å². The topological polar surface area (TPSA) is 41.1 Å². The summed E-state index contributed by atoms with van der Waals surface area (Å²) in [5, 5.41) is 4.75. The number of anilines is 2. The fourth-order valence-corrected chi connectivity index (χ4v) is 1.94. The molecule has 0 aliphatic rings. The number of halogens is 3. The van der Waals surface area contributed by atoms with Crippen molar-refractivity contribution in [1.82, 2.24) is 0 Å². The molecule has 0 aromatic heterocycles. The molecule has 0 saturated carbocycles. The van der Waals surface area contributed by atoms with Gasteiger partial charge in [-0.25, -0.2) is 4.79 Å². The molecule has 0 bridgehead atoms. The summed E-state index contributed by atoms with van der Waals surface area (Å²) >= 11 is 0. The van der Waals surface area contributed by atoms with Gasteiger partial charge in [-0.2, -0.15) is 13.2 Å². The Morgan fingerprint density at radius 1 is 0.955 bits per heavy atom. The molecule has 0 heterocycles. The maximum atomic E-state index is 12.9. The van der Waals surface area contributed by atoms with Gasteiger partial charge >= 0.3 is 12.2 Å². The predicted octanol–water partition coefficient (Wildman–Crippen LogP) is 4.97. The minimum absolute atomic E-state index is 0.281. The Kier molecular flexibility index (Phi) is 4.40. The lowest BCUT2D eigenvalue weighted by molar-refractivity contribution is -0.136. The van der Waals surface area contributed by atoms with Gasteiger partial charge < -0.3 is 10.6 Å². The van der Waals surface area contributed by atoms with Crippen molar-refractivity contribution in [2.75, 3.05) is 10.6 Å². The van der Waals surface area contributed by atoms with E-state index in [9.17, 15) is 18.0 Å². The Balaban J connectivity index is 2.14. The van der Waals surface area contributed by atoms with Crippen molar-refractivity contribution >= 4 is 17.4 Å². The van der Waals surface area contributed by atoms with Crippen LogP contribution in [0.25, 0.3) is 0 Å². The molecule has 0 aliphatic carbocycles. The number of carbonyl (C=O) groups excluding carboxylic acids is 1. The zero-order chi connectivity index (χ0) is 16.3. The highest BCUT2D eigenvalue weighted by Gasteiger charge is 2.33. The normalized spacial score (nSPS) is 11.1. The zero-order valence-corrected chi connectivity index (χ0v) is 12.1. The Bertz CT molecular complexity index is 696. The summed E-state index contributed by atoms with van der Waals surface area (Å²) in [7, 11) is 0. The monoisotopic (exact) mass is 308 g/mol. The van der Waals surface area contributed by atoms with Crippen molar-refractivity contribution < 1.29 is 18.0 Å². The summed E-state index contributed by atoms with van der Waals surface area (Å²) in [5.41, 5.74) is 1.40. The number of benzene rings is 2. The van der Waals surface area contributed by atoms with E-state index in [1.165, 1.54) is 18.2 Å². The highest BCUT2D eigenvalue weighted by molar-refractivity contribution is 6.00. The molecule has 2 amide bonds. The fourth-order valence-electron chi connectivity index (χ4n) is 1.94. The van der Waals surface area contributed by atoms with Crippen LogP contribution in [0.15, 0.2) is 42.5 Å². The summed E-state index contributed by atoms with van der Waals surface area (Å²) in [6, 6.07) is 9.39. The molecule has 22 heavy (non-hydrogen) atoms. The van der Waals surface area contributed by atoms with E-state index in [-0.39, 0.29) is 5.69 Å². The van der Waals surface area contributed by atoms with Crippen LogP contribution in [0.4, 0.5) is 29.3 Å². The number of hydrogen-bond donors (Lipinski definition) is 2. The molecule has 2 aromatic carbocycles. The molecule has 6 heteroatoms. The van der Waals surface area contributed by atoms with Crippen LogP contribution in [0.1, 0.15) is 16.7 Å². The summed E-state index contributed by atoms with van der Waals surface area (Å²) in [6.45, 7) is 3.82. The molecule has 2 rings (SSSR count). The number of urea groups is 1. The van der Waals surface area contributed by atoms with Crippen molar-refractivity contribution in [3.63, 3.8) is 0 Å². The first-order valence-electron chi connectivity index (χ1n) is 6.59. The van der Waals surface area contributed by atoms with Crippen LogP contribution < -0.4 is 10.6 Å². The van der Waals surface area contributed by atoms with Gasteiger partial charge in [0, 0.05) is 5.69 Å². The van der Waals surface area contributed by atoms with E-state index in [1.807, 2.05) is 19.9 Å². The van der Waals surface area contributed by atoms with E-state index in [0.29, 0.717) is 5.69 Å². The maximum absolute atomic E-state index is 12.9. The Morgan fingerprint density at radius 2 is 1.64 bits per heavy atom. The molecule has 0 saturated heterocycles. The molecular formula is C16H15F3N2O.